The largest absolute Gasteiger partial charge is 0.573 e. The molecular weight excluding hydrogens is 555 g/mol. The molecule has 0 bridgehead atoms. The summed E-state index contributed by atoms with van der Waals surface area (Å²) in [5.74, 6) is -1.60. The topological polar surface area (TPSA) is 59.4 Å². The summed E-state index contributed by atoms with van der Waals surface area (Å²) in [4.78, 5) is 18.8. The van der Waals surface area contributed by atoms with Crippen molar-refractivity contribution in [2.45, 2.75) is 25.9 Å². The average molecular weight is 577 g/mol. The van der Waals surface area contributed by atoms with Gasteiger partial charge in [-0.05, 0) is 59.2 Å². The molecule has 0 atom stereocenters. The smallest absolute Gasteiger partial charge is 0.406 e. The second kappa shape index (κ2) is 11.3. The molecule has 4 aromatic rings. The first-order valence-corrected chi connectivity index (χ1v) is 12.6. The summed E-state index contributed by atoms with van der Waals surface area (Å²) in [6, 6.07) is 10.6. The number of hydrogen-bond acceptors (Lipinski definition) is 4. The highest BCUT2D eigenvalue weighted by Crippen LogP contribution is 2.35. The molecule has 3 heterocycles. The fourth-order valence-electron chi connectivity index (χ4n) is 4.74. The van der Waals surface area contributed by atoms with Gasteiger partial charge in [0.2, 0.25) is 5.95 Å². The first-order valence-electron chi connectivity index (χ1n) is 12.2. The zero-order valence-electron chi connectivity index (χ0n) is 20.8. The van der Waals surface area contributed by atoms with E-state index in [9.17, 15) is 26.7 Å². The number of fused-ring (bicyclic) bond motifs is 3. The van der Waals surface area contributed by atoms with Crippen molar-refractivity contribution in [2.24, 2.45) is 0 Å². The molecular formula is C28H22ClF5N4O2. The van der Waals surface area contributed by atoms with Crippen molar-refractivity contribution >= 4 is 34.6 Å². The molecule has 208 valence electrons. The van der Waals surface area contributed by atoms with E-state index >= 15 is 0 Å². The lowest BCUT2D eigenvalue weighted by Crippen LogP contribution is -2.34. The Balaban J connectivity index is 1.42. The van der Waals surface area contributed by atoms with Gasteiger partial charge in [0.25, 0.3) is 0 Å². The Hall–Kier alpha value is -3.96. The fourth-order valence-corrected chi connectivity index (χ4v) is 4.86. The monoisotopic (exact) mass is 576 g/mol. The van der Waals surface area contributed by atoms with Crippen molar-refractivity contribution in [3.8, 4) is 5.75 Å². The van der Waals surface area contributed by atoms with Crippen LogP contribution in [-0.2, 0) is 19.5 Å². The molecule has 2 aromatic carbocycles. The van der Waals surface area contributed by atoms with E-state index in [1.54, 1.807) is 18.2 Å². The summed E-state index contributed by atoms with van der Waals surface area (Å²) in [6.07, 6.45) is 0.471. The lowest BCUT2D eigenvalue weighted by Gasteiger charge is -2.27. The molecule has 0 saturated heterocycles. The number of halogens is 6. The summed E-state index contributed by atoms with van der Waals surface area (Å²) in [5, 5.41) is 3.23. The normalized spacial score (nSPS) is 14.1. The molecule has 0 radical (unpaired) electrons. The van der Waals surface area contributed by atoms with Crippen LogP contribution in [0.2, 0.25) is 5.02 Å². The van der Waals surface area contributed by atoms with Gasteiger partial charge in [-0.2, -0.15) is 4.39 Å². The van der Waals surface area contributed by atoms with E-state index in [2.05, 4.69) is 19.9 Å². The van der Waals surface area contributed by atoms with Crippen LogP contribution in [0.1, 0.15) is 22.4 Å². The Bertz CT molecular complexity index is 1600. The number of hydrogen-bond donors (Lipinski definition) is 1. The van der Waals surface area contributed by atoms with Crippen LogP contribution in [0.4, 0.5) is 26.7 Å². The van der Waals surface area contributed by atoms with Crippen molar-refractivity contribution in [3.05, 3.63) is 100.0 Å². The number of nitrogens with zero attached hydrogens (tertiary/aromatic N) is 3. The minimum atomic E-state index is -4.87. The van der Waals surface area contributed by atoms with Crippen LogP contribution in [0.5, 0.6) is 5.75 Å². The van der Waals surface area contributed by atoms with Crippen molar-refractivity contribution in [2.75, 3.05) is 13.1 Å². The Morgan fingerprint density at radius 2 is 1.95 bits per heavy atom. The molecule has 12 heteroatoms. The molecule has 0 spiro atoms. The standard InChI is InChI=1S/C28H22ClF5N4O2/c29-22-5-3-17(12-23(22)30)2-1-10-37-11-8-25-21(16-37)20-14-19(40-28(32,33)34)4-6-24(20)38(25)27(39)36-15-18-7-9-35-26(31)13-18/h1-7,9,12-14H,8,10-11,15-16H2,(H,36,39)/b2-1+. The first kappa shape index (κ1) is 27.6. The van der Waals surface area contributed by atoms with Gasteiger partial charge in [-0.15, -0.1) is 13.2 Å². The summed E-state index contributed by atoms with van der Waals surface area (Å²) < 4.78 is 71.5. The van der Waals surface area contributed by atoms with E-state index in [0.717, 1.165) is 6.07 Å². The van der Waals surface area contributed by atoms with Crippen molar-refractivity contribution in [1.29, 1.82) is 0 Å². The van der Waals surface area contributed by atoms with Crippen LogP contribution >= 0.6 is 11.6 Å². The average Bonchev–Trinajstić information content (AvgIpc) is 3.21. The summed E-state index contributed by atoms with van der Waals surface area (Å²) in [6.45, 7) is 1.44. The molecule has 0 aliphatic carbocycles. The number of rotatable bonds is 6. The van der Waals surface area contributed by atoms with E-state index in [1.165, 1.54) is 41.1 Å². The number of ether oxygens (including phenoxy) is 1. The van der Waals surface area contributed by atoms with Gasteiger partial charge < -0.3 is 10.1 Å². The van der Waals surface area contributed by atoms with Gasteiger partial charge >= 0.3 is 12.4 Å². The quantitative estimate of drug-likeness (QED) is 0.205. The molecule has 1 amide bonds. The second-order valence-corrected chi connectivity index (χ2v) is 9.60. The molecule has 0 fully saturated rings. The lowest BCUT2D eigenvalue weighted by molar-refractivity contribution is -0.274. The van der Waals surface area contributed by atoms with Gasteiger partial charge in [0.1, 0.15) is 11.6 Å². The molecule has 6 nitrogen and oxygen atoms in total. The highest BCUT2D eigenvalue weighted by molar-refractivity contribution is 6.30. The number of amides is 1. The minimum Gasteiger partial charge on any atom is -0.406 e. The van der Waals surface area contributed by atoms with Crippen LogP contribution in [0.25, 0.3) is 17.0 Å². The molecule has 0 unspecified atom stereocenters. The molecule has 2 aromatic heterocycles. The summed E-state index contributed by atoms with van der Waals surface area (Å²) >= 11 is 5.73. The van der Waals surface area contributed by atoms with Crippen LogP contribution in [0, 0.1) is 11.8 Å². The second-order valence-electron chi connectivity index (χ2n) is 9.19. The Morgan fingerprint density at radius 3 is 2.70 bits per heavy atom. The number of alkyl halides is 3. The fraction of sp³-hybridized carbons (Fsp3) is 0.214. The SMILES string of the molecule is O=C(NCc1ccnc(F)c1)n1c2c(c3cc(OC(F)(F)F)ccc31)CN(C/C=C/c1ccc(Cl)c(F)c1)CC2. The molecule has 0 saturated carbocycles. The highest BCUT2D eigenvalue weighted by Gasteiger charge is 2.32. The maximum Gasteiger partial charge on any atom is 0.573 e. The van der Waals surface area contributed by atoms with Gasteiger partial charge in [-0.1, -0.05) is 29.8 Å². The Kier molecular flexibility index (Phi) is 7.77. The van der Waals surface area contributed by atoms with Crippen LogP contribution in [0.15, 0.2) is 60.8 Å². The third-order valence-corrected chi connectivity index (χ3v) is 6.79. The van der Waals surface area contributed by atoms with E-state index in [0.29, 0.717) is 59.3 Å². The van der Waals surface area contributed by atoms with Crippen molar-refractivity contribution in [3.63, 3.8) is 0 Å². The number of pyridine rings is 1. The Morgan fingerprint density at radius 1 is 1.12 bits per heavy atom. The highest BCUT2D eigenvalue weighted by atomic mass is 35.5. The zero-order valence-corrected chi connectivity index (χ0v) is 21.6. The van der Waals surface area contributed by atoms with E-state index in [4.69, 9.17) is 11.6 Å². The van der Waals surface area contributed by atoms with Crippen molar-refractivity contribution in [1.82, 2.24) is 19.8 Å². The van der Waals surface area contributed by atoms with Gasteiger partial charge in [0, 0.05) is 49.9 Å². The molecule has 1 aliphatic rings. The number of aromatic nitrogens is 2. The lowest BCUT2D eigenvalue weighted by atomic mass is 10.0. The van der Waals surface area contributed by atoms with Gasteiger partial charge in [-0.25, -0.2) is 14.2 Å². The minimum absolute atomic E-state index is 0.0305. The first-order chi connectivity index (χ1) is 19.1. The zero-order chi connectivity index (χ0) is 28.4. The van der Waals surface area contributed by atoms with Gasteiger partial charge in [0.05, 0.1) is 10.5 Å². The number of carbonyl (C=O) groups excluding carboxylic acids is 1. The number of benzene rings is 2. The maximum atomic E-state index is 13.7. The number of nitrogens with one attached hydrogen (secondary N) is 1. The summed E-state index contributed by atoms with van der Waals surface area (Å²) in [7, 11) is 0. The van der Waals surface area contributed by atoms with Crippen molar-refractivity contribution < 1.29 is 31.5 Å². The van der Waals surface area contributed by atoms with Crippen LogP contribution in [-0.4, -0.2) is 39.9 Å². The van der Waals surface area contributed by atoms with Crippen LogP contribution in [0.3, 0.4) is 0 Å². The summed E-state index contributed by atoms with van der Waals surface area (Å²) in [5.41, 5.74) is 2.93. The van der Waals surface area contributed by atoms with E-state index < -0.39 is 29.9 Å². The molecule has 1 aliphatic heterocycles. The van der Waals surface area contributed by atoms with Gasteiger partial charge in [0.15, 0.2) is 0 Å². The third kappa shape index (κ3) is 6.26. The van der Waals surface area contributed by atoms with Crippen LogP contribution < -0.4 is 10.1 Å². The third-order valence-electron chi connectivity index (χ3n) is 6.49. The predicted octanol–water partition coefficient (Wildman–Crippen LogP) is 6.70. The Labute approximate surface area is 230 Å². The molecule has 5 rings (SSSR count). The molecule has 1 N–H and O–H groups in total. The predicted molar refractivity (Wildman–Crippen MR) is 140 cm³/mol. The van der Waals surface area contributed by atoms with E-state index in [1.807, 2.05) is 6.08 Å². The maximum absolute atomic E-state index is 13.7. The van der Waals surface area contributed by atoms with E-state index in [-0.39, 0.29) is 11.6 Å². The number of carbonyl (C=O) groups is 1. The molecule has 40 heavy (non-hydrogen) atoms. The van der Waals surface area contributed by atoms with Gasteiger partial charge in [-0.3, -0.25) is 9.47 Å².